The van der Waals surface area contributed by atoms with Crippen molar-refractivity contribution in [2.45, 2.75) is 25.2 Å². The molecule has 4 aromatic rings. The van der Waals surface area contributed by atoms with Crippen LogP contribution in [0.2, 0.25) is 0 Å². The molecule has 32 heavy (non-hydrogen) atoms. The lowest BCUT2D eigenvalue weighted by Crippen LogP contribution is -2.08. The van der Waals surface area contributed by atoms with Crippen LogP contribution in [0.3, 0.4) is 0 Å². The summed E-state index contributed by atoms with van der Waals surface area (Å²) in [6, 6.07) is 16.3. The van der Waals surface area contributed by atoms with Crippen LogP contribution in [0.15, 0.2) is 72.1 Å². The Morgan fingerprint density at radius 2 is 1.72 bits per heavy atom. The van der Waals surface area contributed by atoms with Gasteiger partial charge in [-0.15, -0.1) is 10.2 Å². The van der Waals surface area contributed by atoms with E-state index in [4.69, 9.17) is 0 Å². The number of nitrogens with zero attached hydrogens (tertiary/aromatic N) is 4. The molecule has 0 aliphatic heterocycles. The summed E-state index contributed by atoms with van der Waals surface area (Å²) in [5.41, 5.74) is 2.27. The van der Waals surface area contributed by atoms with E-state index < -0.39 is 11.7 Å². The molecule has 0 atom stereocenters. The quantitative estimate of drug-likeness (QED) is 0.277. The topological polar surface area (TPSA) is 52.7 Å². The molecular weight excluding hydrogens is 437 g/mol. The highest BCUT2D eigenvalue weighted by atomic mass is 32.2. The Balaban J connectivity index is 1.57. The number of Topliss-reactive ketones (excluding diaryl/α,β-unsaturated/α-hetero) is 1. The fourth-order valence-electron chi connectivity index (χ4n) is 3.56. The number of hydrogen-bond acceptors (Lipinski definition) is 4. The van der Waals surface area contributed by atoms with E-state index >= 15 is 0 Å². The molecule has 0 saturated heterocycles. The van der Waals surface area contributed by atoms with E-state index in [2.05, 4.69) is 10.2 Å². The molecule has 0 aliphatic carbocycles. The largest absolute Gasteiger partial charge is 0.416 e. The minimum absolute atomic E-state index is 0.123. The van der Waals surface area contributed by atoms with Crippen LogP contribution in [0.1, 0.15) is 27.3 Å². The maximum Gasteiger partial charge on any atom is 0.416 e. The van der Waals surface area contributed by atoms with Gasteiger partial charge in [-0.25, -0.2) is 0 Å². The zero-order chi connectivity index (χ0) is 22.9. The normalized spacial score (nSPS) is 11.7. The van der Waals surface area contributed by atoms with Crippen molar-refractivity contribution in [3.63, 3.8) is 0 Å². The zero-order valence-corrected chi connectivity index (χ0v) is 18.1. The summed E-state index contributed by atoms with van der Waals surface area (Å²) in [4.78, 5) is 13.0. The van der Waals surface area contributed by atoms with Crippen molar-refractivity contribution in [3.05, 3.63) is 89.5 Å². The van der Waals surface area contributed by atoms with Crippen LogP contribution < -0.4 is 0 Å². The monoisotopic (exact) mass is 456 g/mol. The molecule has 0 amide bonds. The number of para-hydroxylation sites is 1. The van der Waals surface area contributed by atoms with Gasteiger partial charge in [-0.2, -0.15) is 13.2 Å². The van der Waals surface area contributed by atoms with Crippen LogP contribution in [-0.4, -0.2) is 30.9 Å². The average Bonchev–Trinajstić information content (AvgIpc) is 3.36. The molecule has 2 aromatic heterocycles. The summed E-state index contributed by atoms with van der Waals surface area (Å²) >= 11 is 1.26. The van der Waals surface area contributed by atoms with Crippen molar-refractivity contribution in [2.24, 2.45) is 0 Å². The van der Waals surface area contributed by atoms with Gasteiger partial charge in [0, 0.05) is 28.3 Å². The van der Waals surface area contributed by atoms with Gasteiger partial charge in [0.05, 0.1) is 11.3 Å². The number of thioether (sulfide) groups is 1. The highest BCUT2D eigenvalue weighted by Crippen LogP contribution is 2.32. The first-order valence-corrected chi connectivity index (χ1v) is 10.7. The van der Waals surface area contributed by atoms with Gasteiger partial charge in [0.25, 0.3) is 0 Å². The number of carbonyl (C=O) groups excluding carboxylic acids is 1. The van der Waals surface area contributed by atoms with Crippen LogP contribution in [-0.2, 0) is 6.18 Å². The van der Waals surface area contributed by atoms with Crippen LogP contribution in [0, 0.1) is 13.8 Å². The first-order valence-electron chi connectivity index (χ1n) is 9.73. The van der Waals surface area contributed by atoms with Crippen LogP contribution in [0.5, 0.6) is 0 Å². The Morgan fingerprint density at radius 1 is 1.00 bits per heavy atom. The van der Waals surface area contributed by atoms with E-state index in [1.807, 2.05) is 30.3 Å². The summed E-state index contributed by atoms with van der Waals surface area (Å²) in [6.45, 7) is 3.50. The van der Waals surface area contributed by atoms with Crippen LogP contribution >= 0.6 is 11.8 Å². The van der Waals surface area contributed by atoms with E-state index in [-0.39, 0.29) is 11.5 Å². The third-order valence-electron chi connectivity index (χ3n) is 5.05. The Kier molecular flexibility index (Phi) is 5.92. The Morgan fingerprint density at radius 3 is 2.44 bits per heavy atom. The van der Waals surface area contributed by atoms with E-state index in [1.165, 1.54) is 17.8 Å². The molecule has 9 heteroatoms. The van der Waals surface area contributed by atoms with E-state index in [0.717, 1.165) is 17.8 Å². The highest BCUT2D eigenvalue weighted by molar-refractivity contribution is 7.99. The molecule has 0 unspecified atom stereocenters. The maximum atomic E-state index is 13.1. The second-order valence-corrected chi connectivity index (χ2v) is 8.14. The number of benzene rings is 2. The fraction of sp³-hybridized carbons (Fsp3) is 0.174. The van der Waals surface area contributed by atoms with Gasteiger partial charge in [-0.05, 0) is 50.2 Å². The lowest BCUT2D eigenvalue weighted by Gasteiger charge is -2.13. The molecule has 4 rings (SSSR count). The fourth-order valence-corrected chi connectivity index (χ4v) is 4.37. The van der Waals surface area contributed by atoms with Crippen molar-refractivity contribution in [1.82, 2.24) is 19.3 Å². The molecule has 164 valence electrons. The third-order valence-corrected chi connectivity index (χ3v) is 5.99. The van der Waals surface area contributed by atoms with Gasteiger partial charge >= 0.3 is 6.18 Å². The lowest BCUT2D eigenvalue weighted by atomic mass is 10.1. The molecule has 2 aromatic carbocycles. The third kappa shape index (κ3) is 4.34. The van der Waals surface area contributed by atoms with Crippen LogP contribution in [0.25, 0.3) is 11.4 Å². The van der Waals surface area contributed by atoms with Gasteiger partial charge in [-0.3, -0.25) is 9.36 Å². The number of hydrogen-bond donors (Lipinski definition) is 0. The number of carbonyl (C=O) groups is 1. The predicted octanol–water partition coefficient (Wildman–Crippen LogP) is 5.67. The van der Waals surface area contributed by atoms with Crippen molar-refractivity contribution >= 4 is 17.5 Å². The Hall–Kier alpha value is -3.33. The molecule has 0 bridgehead atoms. The van der Waals surface area contributed by atoms with Gasteiger partial charge in [0.15, 0.2) is 10.9 Å². The summed E-state index contributed by atoms with van der Waals surface area (Å²) in [5.74, 6) is -0.0118. The number of aryl methyl sites for hydroxylation is 1. The molecule has 0 N–H and O–H groups in total. The minimum atomic E-state index is -4.44. The number of ketones is 1. The molecule has 0 spiro atoms. The number of aromatic nitrogens is 4. The second kappa shape index (κ2) is 8.66. The molecular formula is C23H19F3N4OS. The Labute approximate surface area is 186 Å². The highest BCUT2D eigenvalue weighted by Gasteiger charge is 2.31. The maximum absolute atomic E-state index is 13.1. The molecule has 0 aliphatic rings. The molecule has 5 nitrogen and oxygen atoms in total. The number of halogens is 3. The molecule has 0 saturated carbocycles. The van der Waals surface area contributed by atoms with Crippen molar-refractivity contribution < 1.29 is 18.0 Å². The average molecular weight is 456 g/mol. The van der Waals surface area contributed by atoms with Gasteiger partial charge < -0.3 is 4.57 Å². The van der Waals surface area contributed by atoms with E-state index in [9.17, 15) is 18.0 Å². The van der Waals surface area contributed by atoms with Crippen molar-refractivity contribution in [3.8, 4) is 11.4 Å². The summed E-state index contributed by atoms with van der Waals surface area (Å²) < 4.78 is 42.8. The summed E-state index contributed by atoms with van der Waals surface area (Å²) in [6.07, 6.45) is -2.85. The summed E-state index contributed by atoms with van der Waals surface area (Å²) in [5, 5.41) is 8.61. The van der Waals surface area contributed by atoms with E-state index in [1.54, 1.807) is 41.4 Å². The van der Waals surface area contributed by atoms with E-state index in [0.29, 0.717) is 27.8 Å². The van der Waals surface area contributed by atoms with Gasteiger partial charge in [-0.1, -0.05) is 36.0 Å². The standard InChI is InChI=1S/C23H19F3N4OS/c1-15-11-20(16(2)30(15)19-10-6-7-17(12-19)23(24,25)26)21(31)13-32-22-28-27-14-29(22)18-8-4-3-5-9-18/h3-12,14H,13H2,1-2H3. The smallest absolute Gasteiger partial charge is 0.318 e. The van der Waals surface area contributed by atoms with Gasteiger partial charge in [0.1, 0.15) is 6.33 Å². The lowest BCUT2D eigenvalue weighted by molar-refractivity contribution is -0.137. The molecule has 2 heterocycles. The van der Waals surface area contributed by atoms with Crippen LogP contribution in [0.4, 0.5) is 13.2 Å². The second-order valence-electron chi connectivity index (χ2n) is 7.20. The van der Waals surface area contributed by atoms with Gasteiger partial charge in [0.2, 0.25) is 0 Å². The minimum Gasteiger partial charge on any atom is -0.318 e. The first kappa shape index (κ1) is 21.9. The molecule has 0 fully saturated rings. The summed E-state index contributed by atoms with van der Waals surface area (Å²) in [7, 11) is 0. The van der Waals surface area contributed by atoms with Crippen molar-refractivity contribution in [2.75, 3.05) is 5.75 Å². The zero-order valence-electron chi connectivity index (χ0n) is 17.3. The molecule has 0 radical (unpaired) electrons. The number of rotatable bonds is 6. The Bertz CT molecular complexity index is 1260. The van der Waals surface area contributed by atoms with Crippen molar-refractivity contribution in [1.29, 1.82) is 0 Å². The number of alkyl halides is 3. The first-order chi connectivity index (χ1) is 15.3. The SMILES string of the molecule is Cc1cc(C(=O)CSc2nncn2-c2ccccc2)c(C)n1-c1cccc(C(F)(F)F)c1. The predicted molar refractivity (Wildman–Crippen MR) is 117 cm³/mol.